The second-order valence-electron chi connectivity index (χ2n) is 4.76. The van der Waals surface area contributed by atoms with E-state index in [9.17, 15) is 13.6 Å². The highest BCUT2D eigenvalue weighted by Crippen LogP contribution is 2.27. The summed E-state index contributed by atoms with van der Waals surface area (Å²) >= 11 is 1.45. The van der Waals surface area contributed by atoms with Crippen LogP contribution in [-0.4, -0.2) is 51.0 Å². The molecule has 1 saturated heterocycles. The van der Waals surface area contributed by atoms with E-state index in [0.29, 0.717) is 30.5 Å². The van der Waals surface area contributed by atoms with Crippen molar-refractivity contribution in [2.24, 2.45) is 0 Å². The van der Waals surface area contributed by atoms with Crippen LogP contribution >= 0.6 is 11.8 Å². The van der Waals surface area contributed by atoms with Crippen molar-refractivity contribution < 1.29 is 8.78 Å². The topological polar surface area (TPSA) is 53.9 Å². The fourth-order valence-electron chi connectivity index (χ4n) is 2.07. The number of likely N-dealkylation sites (tertiary alicyclic amines) is 1. The highest BCUT2D eigenvalue weighted by Gasteiger charge is 2.33. The molecule has 112 valence electrons. The summed E-state index contributed by atoms with van der Waals surface area (Å²) in [5.41, 5.74) is -0.259. The Kier molecular flexibility index (Phi) is 4.98. The minimum atomic E-state index is -2.50. The maximum atomic E-state index is 13.0. The molecule has 0 unspecified atom stereocenters. The molecule has 1 aromatic heterocycles. The number of aromatic amines is 1. The molecule has 1 aliphatic heterocycles. The number of allylic oxidation sites excluding steroid dienone is 1. The Labute approximate surface area is 120 Å². The number of thioether (sulfide) groups is 1. The molecule has 0 aromatic carbocycles. The van der Waals surface area contributed by atoms with E-state index in [0.717, 1.165) is 6.54 Å². The third-order valence-electron chi connectivity index (χ3n) is 3.26. The quantitative estimate of drug-likeness (QED) is 0.640. The van der Waals surface area contributed by atoms with Crippen molar-refractivity contribution in [3.8, 4) is 0 Å². The van der Waals surface area contributed by atoms with Gasteiger partial charge in [-0.25, -0.2) is 18.7 Å². The number of piperidine rings is 1. The van der Waals surface area contributed by atoms with Gasteiger partial charge in [-0.1, -0.05) is 17.8 Å². The maximum Gasteiger partial charge on any atom is 0.344 e. The zero-order valence-electron chi connectivity index (χ0n) is 11.1. The first-order valence-corrected chi connectivity index (χ1v) is 7.49. The number of hydrogen-bond donors (Lipinski definition) is 1. The number of halogens is 2. The van der Waals surface area contributed by atoms with Gasteiger partial charge in [0, 0.05) is 44.8 Å². The van der Waals surface area contributed by atoms with Crippen LogP contribution in [0.25, 0.3) is 0 Å². The average molecular weight is 304 g/mol. The van der Waals surface area contributed by atoms with Crippen molar-refractivity contribution in [3.05, 3.63) is 23.1 Å². The predicted molar refractivity (Wildman–Crippen MR) is 74.4 cm³/mol. The van der Waals surface area contributed by atoms with E-state index in [2.05, 4.69) is 16.8 Å². The first-order chi connectivity index (χ1) is 9.52. The van der Waals surface area contributed by atoms with Crippen LogP contribution in [0.1, 0.15) is 12.8 Å². The predicted octanol–water partition coefficient (Wildman–Crippen LogP) is 1.58. The molecule has 0 aliphatic carbocycles. The first kappa shape index (κ1) is 15.2. The summed E-state index contributed by atoms with van der Waals surface area (Å²) in [6, 6.07) is 0. The van der Waals surface area contributed by atoms with Gasteiger partial charge in [0.25, 0.3) is 5.92 Å². The highest BCUT2D eigenvalue weighted by molar-refractivity contribution is 7.99. The van der Waals surface area contributed by atoms with Crippen molar-refractivity contribution >= 4 is 11.8 Å². The van der Waals surface area contributed by atoms with Gasteiger partial charge in [0.1, 0.15) is 0 Å². The lowest BCUT2D eigenvalue weighted by atomic mass is 10.1. The number of rotatable bonds is 6. The van der Waals surface area contributed by atoms with Crippen LogP contribution in [-0.2, 0) is 6.54 Å². The maximum absolute atomic E-state index is 13.0. The van der Waals surface area contributed by atoms with Crippen LogP contribution in [0.2, 0.25) is 0 Å². The summed E-state index contributed by atoms with van der Waals surface area (Å²) in [5.74, 6) is -1.79. The van der Waals surface area contributed by atoms with E-state index in [4.69, 9.17) is 0 Å². The van der Waals surface area contributed by atoms with Gasteiger partial charge in [0.2, 0.25) is 0 Å². The van der Waals surface area contributed by atoms with Crippen LogP contribution in [0, 0.1) is 0 Å². The molecule has 1 aromatic rings. The molecule has 0 saturated carbocycles. The Bertz CT molecular complexity index is 504. The van der Waals surface area contributed by atoms with Gasteiger partial charge in [-0.2, -0.15) is 0 Å². The zero-order valence-corrected chi connectivity index (χ0v) is 12.0. The molecule has 8 heteroatoms. The molecule has 1 N–H and O–H groups in total. The summed E-state index contributed by atoms with van der Waals surface area (Å²) in [6.45, 7) is 5.57. The molecule has 0 spiro atoms. The summed E-state index contributed by atoms with van der Waals surface area (Å²) in [5, 5.41) is 6.95. The Balaban J connectivity index is 1.79. The lowest BCUT2D eigenvalue weighted by molar-refractivity contribution is -0.0539. The van der Waals surface area contributed by atoms with E-state index < -0.39 is 5.92 Å². The minimum absolute atomic E-state index is 0.0682. The molecule has 5 nitrogen and oxygen atoms in total. The van der Waals surface area contributed by atoms with Crippen LogP contribution in [0.15, 0.2) is 22.6 Å². The molecule has 0 bridgehead atoms. The van der Waals surface area contributed by atoms with E-state index >= 15 is 0 Å². The minimum Gasteiger partial charge on any atom is -0.302 e. The lowest BCUT2D eigenvalue weighted by Crippen LogP contribution is -2.40. The van der Waals surface area contributed by atoms with E-state index in [1.165, 1.54) is 16.3 Å². The summed E-state index contributed by atoms with van der Waals surface area (Å²) in [6.07, 6.45) is 1.50. The van der Waals surface area contributed by atoms with Crippen molar-refractivity contribution in [2.45, 2.75) is 30.5 Å². The van der Waals surface area contributed by atoms with E-state index in [1.54, 1.807) is 6.08 Å². The number of hydrogen-bond acceptors (Lipinski definition) is 4. The van der Waals surface area contributed by atoms with Gasteiger partial charge in [-0.15, -0.1) is 11.7 Å². The Morgan fingerprint density at radius 2 is 2.15 bits per heavy atom. The smallest absolute Gasteiger partial charge is 0.302 e. The molecule has 1 fully saturated rings. The van der Waals surface area contributed by atoms with Gasteiger partial charge >= 0.3 is 5.69 Å². The number of nitrogens with one attached hydrogen (secondary N) is 1. The summed E-state index contributed by atoms with van der Waals surface area (Å²) < 4.78 is 27.5. The molecule has 0 radical (unpaired) electrons. The molecule has 0 amide bonds. The molecule has 2 rings (SSSR count). The Morgan fingerprint density at radius 1 is 1.45 bits per heavy atom. The fourth-order valence-corrected chi connectivity index (χ4v) is 3.03. The second kappa shape index (κ2) is 6.53. The molecular formula is C12H18F2N4OS. The standard InChI is InChI=1S/C12H18F2N4OS/c1-2-5-18-10(19)15-16-11(18)20-9-8-17-6-3-12(13,14)4-7-17/h2H,1,3-9H2,(H,15,19). The molecule has 2 heterocycles. The lowest BCUT2D eigenvalue weighted by Gasteiger charge is -2.31. The van der Waals surface area contributed by atoms with E-state index in [-0.39, 0.29) is 18.5 Å². The largest absolute Gasteiger partial charge is 0.344 e. The third kappa shape index (κ3) is 3.92. The number of alkyl halides is 2. The van der Waals surface area contributed by atoms with Gasteiger partial charge in [-0.3, -0.25) is 4.57 Å². The molecule has 1 aliphatic rings. The summed E-state index contributed by atoms with van der Waals surface area (Å²) in [4.78, 5) is 13.5. The highest BCUT2D eigenvalue weighted by atomic mass is 32.2. The van der Waals surface area contributed by atoms with Gasteiger partial charge in [0.05, 0.1) is 0 Å². The fraction of sp³-hybridized carbons (Fsp3) is 0.667. The number of H-pyrrole nitrogens is 1. The van der Waals surface area contributed by atoms with Crippen molar-refractivity contribution in [2.75, 3.05) is 25.4 Å². The normalized spacial score (nSPS) is 19.1. The molecule has 20 heavy (non-hydrogen) atoms. The Hall–Kier alpha value is -1.15. The average Bonchev–Trinajstić information content (AvgIpc) is 2.74. The van der Waals surface area contributed by atoms with Gasteiger partial charge < -0.3 is 4.90 Å². The van der Waals surface area contributed by atoms with Crippen LogP contribution in [0.5, 0.6) is 0 Å². The van der Waals surface area contributed by atoms with Gasteiger partial charge in [0.15, 0.2) is 5.16 Å². The van der Waals surface area contributed by atoms with Crippen LogP contribution < -0.4 is 5.69 Å². The summed E-state index contributed by atoms with van der Waals surface area (Å²) in [7, 11) is 0. The van der Waals surface area contributed by atoms with Crippen LogP contribution in [0.4, 0.5) is 8.78 Å². The van der Waals surface area contributed by atoms with Gasteiger partial charge in [-0.05, 0) is 0 Å². The van der Waals surface area contributed by atoms with Crippen molar-refractivity contribution in [3.63, 3.8) is 0 Å². The Morgan fingerprint density at radius 3 is 2.80 bits per heavy atom. The van der Waals surface area contributed by atoms with Crippen molar-refractivity contribution in [1.82, 2.24) is 19.7 Å². The number of nitrogens with zero attached hydrogens (tertiary/aromatic N) is 3. The van der Waals surface area contributed by atoms with E-state index in [1.807, 2.05) is 4.90 Å². The first-order valence-electron chi connectivity index (χ1n) is 6.51. The monoisotopic (exact) mass is 304 g/mol. The SMILES string of the molecule is C=CCn1c(SCCN2CCC(F)(F)CC2)n[nH]c1=O. The third-order valence-corrected chi connectivity index (χ3v) is 4.22. The molecular weight excluding hydrogens is 286 g/mol. The zero-order chi connectivity index (χ0) is 14.6. The molecule has 0 atom stereocenters. The second-order valence-corrected chi connectivity index (χ2v) is 5.82. The number of aromatic nitrogens is 3. The van der Waals surface area contributed by atoms with Crippen molar-refractivity contribution in [1.29, 1.82) is 0 Å². The van der Waals surface area contributed by atoms with Crippen LogP contribution in [0.3, 0.4) is 0 Å².